The molecule has 1 fully saturated rings. The zero-order chi connectivity index (χ0) is 15.0. The topological polar surface area (TPSA) is 55.4 Å². The highest BCUT2D eigenvalue weighted by molar-refractivity contribution is 5.99. The van der Waals surface area contributed by atoms with Gasteiger partial charge in [-0.25, -0.2) is 0 Å². The van der Waals surface area contributed by atoms with Crippen LogP contribution in [0.5, 0.6) is 5.75 Å². The predicted octanol–water partition coefficient (Wildman–Crippen LogP) is 2.41. The lowest BCUT2D eigenvalue weighted by Crippen LogP contribution is -2.45. The Bertz CT molecular complexity index is 579. The third kappa shape index (κ3) is 2.80. The van der Waals surface area contributed by atoms with Gasteiger partial charge in [0.2, 0.25) is 11.8 Å². The summed E-state index contributed by atoms with van der Waals surface area (Å²) in [7, 11) is 0. The average Bonchev–Trinajstić information content (AvgIpc) is 2.88. The molecule has 2 unspecified atom stereocenters. The van der Waals surface area contributed by atoms with Crippen LogP contribution in [0.15, 0.2) is 18.2 Å². The molecule has 21 heavy (non-hydrogen) atoms. The standard InChI is InChI=1S/C17H21NO3/c1-10(2)7-14-13(9-16(19)18-17(14)20)11-3-4-15-12(8-11)5-6-21-15/h3-4,8,10,13-14H,5-7,9H2,1-2H3,(H,18,19,20). The van der Waals surface area contributed by atoms with E-state index >= 15 is 0 Å². The van der Waals surface area contributed by atoms with Crippen molar-refractivity contribution in [2.75, 3.05) is 6.61 Å². The lowest BCUT2D eigenvalue weighted by Gasteiger charge is -2.31. The van der Waals surface area contributed by atoms with Crippen LogP contribution in [0.3, 0.4) is 0 Å². The van der Waals surface area contributed by atoms with E-state index in [1.165, 1.54) is 5.56 Å². The molecule has 1 aromatic rings. The summed E-state index contributed by atoms with van der Waals surface area (Å²) in [4.78, 5) is 24.0. The smallest absolute Gasteiger partial charge is 0.230 e. The molecule has 4 nitrogen and oxygen atoms in total. The minimum absolute atomic E-state index is 0.0143. The Morgan fingerprint density at radius 3 is 2.90 bits per heavy atom. The van der Waals surface area contributed by atoms with Crippen molar-refractivity contribution in [2.45, 2.75) is 39.0 Å². The fourth-order valence-electron chi connectivity index (χ4n) is 3.37. The highest BCUT2D eigenvalue weighted by Gasteiger charge is 2.37. The predicted molar refractivity (Wildman–Crippen MR) is 79.1 cm³/mol. The van der Waals surface area contributed by atoms with Gasteiger partial charge in [-0.2, -0.15) is 0 Å². The molecule has 0 radical (unpaired) electrons. The van der Waals surface area contributed by atoms with Crippen LogP contribution in [0.25, 0.3) is 0 Å². The summed E-state index contributed by atoms with van der Waals surface area (Å²) in [5.74, 6) is 0.936. The molecule has 0 bridgehead atoms. The average molecular weight is 287 g/mol. The van der Waals surface area contributed by atoms with E-state index in [1.807, 2.05) is 12.1 Å². The normalized spacial score (nSPS) is 24.7. The first kappa shape index (κ1) is 14.1. The second-order valence-corrected chi connectivity index (χ2v) is 6.42. The molecule has 0 saturated carbocycles. The molecular weight excluding hydrogens is 266 g/mol. The van der Waals surface area contributed by atoms with Gasteiger partial charge in [0.15, 0.2) is 0 Å². The van der Waals surface area contributed by atoms with Crippen molar-refractivity contribution in [3.05, 3.63) is 29.3 Å². The molecule has 1 N–H and O–H groups in total. The fourth-order valence-corrected chi connectivity index (χ4v) is 3.37. The van der Waals surface area contributed by atoms with Crippen molar-refractivity contribution in [3.8, 4) is 5.75 Å². The number of hydrogen-bond donors (Lipinski definition) is 1. The Labute approximate surface area is 124 Å². The quantitative estimate of drug-likeness (QED) is 0.869. The summed E-state index contributed by atoms with van der Waals surface area (Å²) in [5.41, 5.74) is 2.28. The minimum atomic E-state index is -0.165. The highest BCUT2D eigenvalue weighted by Crippen LogP contribution is 2.38. The summed E-state index contributed by atoms with van der Waals surface area (Å²) in [6.45, 7) is 4.94. The second kappa shape index (κ2) is 5.51. The molecule has 2 heterocycles. The lowest BCUT2D eigenvalue weighted by molar-refractivity contribution is -0.137. The third-order valence-corrected chi connectivity index (χ3v) is 4.36. The van der Waals surface area contributed by atoms with Gasteiger partial charge in [0.05, 0.1) is 6.61 Å². The number of imide groups is 1. The van der Waals surface area contributed by atoms with Crippen LogP contribution in [0.2, 0.25) is 0 Å². The van der Waals surface area contributed by atoms with Crippen molar-refractivity contribution in [1.82, 2.24) is 5.32 Å². The lowest BCUT2D eigenvalue weighted by atomic mass is 9.76. The van der Waals surface area contributed by atoms with Gasteiger partial charge >= 0.3 is 0 Å². The first-order chi connectivity index (χ1) is 10.0. The maximum absolute atomic E-state index is 12.2. The van der Waals surface area contributed by atoms with Crippen LogP contribution < -0.4 is 10.1 Å². The Balaban J connectivity index is 1.92. The molecule has 0 aromatic heterocycles. The van der Waals surface area contributed by atoms with Gasteiger partial charge in [-0.3, -0.25) is 14.9 Å². The highest BCUT2D eigenvalue weighted by atomic mass is 16.5. The maximum atomic E-state index is 12.2. The SMILES string of the molecule is CC(C)CC1C(=O)NC(=O)CC1c1ccc2c(c1)CCO2. The van der Waals surface area contributed by atoms with E-state index in [9.17, 15) is 9.59 Å². The molecular formula is C17H21NO3. The van der Waals surface area contributed by atoms with Crippen LogP contribution in [0, 0.1) is 11.8 Å². The number of carbonyl (C=O) groups is 2. The Kier molecular flexibility index (Phi) is 3.70. The molecule has 0 spiro atoms. The number of benzene rings is 1. The number of amides is 2. The number of carbonyl (C=O) groups excluding carboxylic acids is 2. The van der Waals surface area contributed by atoms with Crippen molar-refractivity contribution in [2.24, 2.45) is 11.8 Å². The summed E-state index contributed by atoms with van der Waals surface area (Å²) >= 11 is 0. The van der Waals surface area contributed by atoms with Crippen LogP contribution in [0.1, 0.15) is 43.7 Å². The van der Waals surface area contributed by atoms with Crippen LogP contribution in [-0.2, 0) is 16.0 Å². The van der Waals surface area contributed by atoms with E-state index in [1.54, 1.807) is 0 Å². The van der Waals surface area contributed by atoms with Crippen molar-refractivity contribution >= 4 is 11.8 Å². The van der Waals surface area contributed by atoms with Crippen molar-refractivity contribution < 1.29 is 14.3 Å². The minimum Gasteiger partial charge on any atom is -0.493 e. The van der Waals surface area contributed by atoms with Crippen LogP contribution >= 0.6 is 0 Å². The van der Waals surface area contributed by atoms with Gasteiger partial charge in [0, 0.05) is 24.7 Å². The molecule has 2 amide bonds. The summed E-state index contributed by atoms with van der Waals surface area (Å²) < 4.78 is 5.53. The van der Waals surface area contributed by atoms with Gasteiger partial charge < -0.3 is 4.74 Å². The molecule has 0 aliphatic carbocycles. The Morgan fingerprint density at radius 2 is 2.14 bits per heavy atom. The van der Waals surface area contributed by atoms with E-state index in [2.05, 4.69) is 25.2 Å². The Morgan fingerprint density at radius 1 is 1.33 bits per heavy atom. The molecule has 2 atom stereocenters. The number of piperidine rings is 1. The number of nitrogens with one attached hydrogen (secondary N) is 1. The number of fused-ring (bicyclic) bond motifs is 1. The van der Waals surface area contributed by atoms with E-state index in [0.29, 0.717) is 12.3 Å². The molecule has 2 aliphatic heterocycles. The molecule has 1 aromatic carbocycles. The molecule has 112 valence electrons. The zero-order valence-corrected chi connectivity index (χ0v) is 12.5. The zero-order valence-electron chi connectivity index (χ0n) is 12.5. The van der Waals surface area contributed by atoms with E-state index in [-0.39, 0.29) is 23.7 Å². The summed E-state index contributed by atoms with van der Waals surface area (Å²) in [6, 6.07) is 6.10. The van der Waals surface area contributed by atoms with Gasteiger partial charge in [-0.15, -0.1) is 0 Å². The van der Waals surface area contributed by atoms with E-state index < -0.39 is 0 Å². The monoisotopic (exact) mass is 287 g/mol. The fraction of sp³-hybridized carbons (Fsp3) is 0.529. The third-order valence-electron chi connectivity index (χ3n) is 4.36. The molecule has 2 aliphatic rings. The molecule has 3 rings (SSSR count). The number of rotatable bonds is 3. The van der Waals surface area contributed by atoms with Gasteiger partial charge in [-0.1, -0.05) is 26.0 Å². The van der Waals surface area contributed by atoms with Gasteiger partial charge in [-0.05, 0) is 29.5 Å². The van der Waals surface area contributed by atoms with E-state index in [0.717, 1.165) is 30.8 Å². The second-order valence-electron chi connectivity index (χ2n) is 6.42. The van der Waals surface area contributed by atoms with E-state index in [4.69, 9.17) is 4.74 Å². The van der Waals surface area contributed by atoms with Crippen LogP contribution in [0.4, 0.5) is 0 Å². The first-order valence-electron chi connectivity index (χ1n) is 7.64. The largest absolute Gasteiger partial charge is 0.493 e. The summed E-state index contributed by atoms with van der Waals surface area (Å²) in [6.07, 6.45) is 2.10. The van der Waals surface area contributed by atoms with Crippen molar-refractivity contribution in [1.29, 1.82) is 0 Å². The Hall–Kier alpha value is -1.84. The first-order valence-corrected chi connectivity index (χ1v) is 7.64. The number of hydrogen-bond acceptors (Lipinski definition) is 3. The molecule has 1 saturated heterocycles. The van der Waals surface area contributed by atoms with Crippen LogP contribution in [-0.4, -0.2) is 18.4 Å². The van der Waals surface area contributed by atoms with Gasteiger partial charge in [0.1, 0.15) is 5.75 Å². The maximum Gasteiger partial charge on any atom is 0.230 e. The van der Waals surface area contributed by atoms with Crippen molar-refractivity contribution in [3.63, 3.8) is 0 Å². The molecule has 4 heteroatoms. The van der Waals surface area contributed by atoms with Gasteiger partial charge in [0.25, 0.3) is 0 Å². The number of ether oxygens (including phenoxy) is 1. The summed E-state index contributed by atoms with van der Waals surface area (Å²) in [5, 5.41) is 2.48.